The van der Waals surface area contributed by atoms with Gasteiger partial charge in [0.1, 0.15) is 0 Å². The molecule has 8 heteroatoms. The van der Waals surface area contributed by atoms with E-state index in [9.17, 15) is 13.8 Å². The largest absolute Gasteiger partial charge is 0.351 e. The molecular formula is C39H41ClN2O4S. The van der Waals surface area contributed by atoms with Crippen LogP contribution in [-0.4, -0.2) is 32.9 Å². The van der Waals surface area contributed by atoms with Crippen LogP contribution in [0.25, 0.3) is 16.7 Å². The Balaban J connectivity index is 1.35. The molecule has 4 aromatic rings. The van der Waals surface area contributed by atoms with E-state index in [2.05, 4.69) is 54.8 Å². The number of hydrogen-bond acceptors (Lipinski definition) is 3. The first-order valence-electron chi connectivity index (χ1n) is 15.9. The van der Waals surface area contributed by atoms with Crippen LogP contribution >= 0.6 is 11.6 Å². The fourth-order valence-electron chi connectivity index (χ4n) is 5.93. The van der Waals surface area contributed by atoms with Gasteiger partial charge in [0.05, 0.1) is 11.7 Å². The highest BCUT2D eigenvalue weighted by Gasteiger charge is 2.24. The Morgan fingerprint density at radius 1 is 0.936 bits per heavy atom. The van der Waals surface area contributed by atoms with E-state index in [0.717, 1.165) is 47.1 Å². The summed E-state index contributed by atoms with van der Waals surface area (Å²) >= 11 is 4.18. The molecule has 3 N–H and O–H groups in total. The number of benzene rings is 4. The van der Waals surface area contributed by atoms with E-state index in [4.69, 9.17) is 16.2 Å². The van der Waals surface area contributed by atoms with E-state index in [0.29, 0.717) is 28.1 Å². The van der Waals surface area contributed by atoms with Crippen LogP contribution in [-0.2, 0) is 22.3 Å². The Kier molecular flexibility index (Phi) is 11.1. The topological polar surface area (TPSA) is 95.5 Å². The second-order valence-electron chi connectivity index (χ2n) is 13.0. The van der Waals surface area contributed by atoms with Gasteiger partial charge < -0.3 is 15.2 Å². The summed E-state index contributed by atoms with van der Waals surface area (Å²) in [6.07, 6.45) is 6.03. The van der Waals surface area contributed by atoms with Crippen molar-refractivity contribution in [1.82, 2.24) is 5.32 Å². The van der Waals surface area contributed by atoms with Crippen LogP contribution in [0.5, 0.6) is 0 Å². The lowest BCUT2D eigenvalue weighted by Gasteiger charge is -2.28. The highest BCUT2D eigenvalue weighted by molar-refractivity contribution is 7.79. The number of halogens is 1. The molecule has 47 heavy (non-hydrogen) atoms. The molecule has 5 rings (SSSR count). The summed E-state index contributed by atoms with van der Waals surface area (Å²) in [4.78, 5) is 26.4. The molecule has 1 aliphatic rings. The maximum Gasteiger partial charge on any atom is 0.251 e. The maximum absolute atomic E-state index is 13.9. The van der Waals surface area contributed by atoms with Crippen LogP contribution in [0.15, 0.2) is 97.1 Å². The number of hydrogen-bond donors (Lipinski definition) is 3. The van der Waals surface area contributed by atoms with Crippen LogP contribution in [0, 0.1) is 12.3 Å². The molecule has 0 saturated carbocycles. The van der Waals surface area contributed by atoms with Gasteiger partial charge in [-0.05, 0) is 113 Å². The Labute approximate surface area is 284 Å². The van der Waals surface area contributed by atoms with Gasteiger partial charge in [-0.2, -0.15) is 0 Å². The maximum atomic E-state index is 13.9. The fraction of sp³-hybridized carbons (Fsp3) is 0.282. The summed E-state index contributed by atoms with van der Waals surface area (Å²) in [5.41, 5.74) is 9.05. The van der Waals surface area contributed by atoms with Gasteiger partial charge in [-0.25, -0.2) is 4.21 Å². The van der Waals surface area contributed by atoms with Crippen LogP contribution < -0.4 is 10.6 Å². The number of allylic oxidation sites excluding steroid dienone is 2. The highest BCUT2D eigenvalue weighted by Crippen LogP contribution is 2.38. The van der Waals surface area contributed by atoms with Gasteiger partial charge in [-0.15, -0.1) is 0 Å². The Morgan fingerprint density at radius 2 is 1.62 bits per heavy atom. The molecular weight excluding hydrogens is 628 g/mol. The molecule has 0 spiro atoms. The molecule has 0 radical (unpaired) electrons. The number of rotatable bonds is 11. The van der Waals surface area contributed by atoms with Crippen LogP contribution in [0.3, 0.4) is 0 Å². The third-order valence-corrected chi connectivity index (χ3v) is 9.63. The van der Waals surface area contributed by atoms with Crippen molar-refractivity contribution in [1.29, 1.82) is 0 Å². The second-order valence-corrected chi connectivity index (χ2v) is 14.5. The highest BCUT2D eigenvalue weighted by atomic mass is 35.5. The minimum atomic E-state index is -1.97. The first kappa shape index (κ1) is 34.3. The molecule has 0 heterocycles. The van der Waals surface area contributed by atoms with Crippen LogP contribution in [0.4, 0.5) is 5.69 Å². The number of carbonyl (C=O) groups is 2. The van der Waals surface area contributed by atoms with Crippen molar-refractivity contribution in [3.63, 3.8) is 0 Å². The molecule has 2 amide bonds. The molecule has 0 bridgehead atoms. The van der Waals surface area contributed by atoms with Gasteiger partial charge in [0, 0.05) is 22.8 Å². The van der Waals surface area contributed by atoms with E-state index in [1.54, 1.807) is 12.1 Å². The van der Waals surface area contributed by atoms with E-state index < -0.39 is 17.0 Å². The minimum absolute atomic E-state index is 0.0296. The summed E-state index contributed by atoms with van der Waals surface area (Å²) in [5.74, 6) is -0.936. The van der Waals surface area contributed by atoms with Crippen molar-refractivity contribution in [3.8, 4) is 11.1 Å². The second kappa shape index (κ2) is 15.2. The SMILES string of the molecule is Cc1cc(Cl)ccc1-c1ccc(NC(=O)[C@H](Cc2ccc(C(=O)NCCS(=O)O)cc2)c2ccc(C3=CCC(C)(C)CC3)cc2)cc1. The first-order chi connectivity index (χ1) is 22.5. The normalized spacial score (nSPS) is 15.3. The molecule has 0 saturated heterocycles. The van der Waals surface area contributed by atoms with E-state index in [1.807, 2.05) is 61.5 Å². The number of aryl methyl sites for hydroxylation is 1. The molecule has 6 nitrogen and oxygen atoms in total. The number of nitrogens with one attached hydrogen (secondary N) is 2. The average molecular weight is 669 g/mol. The number of anilines is 1. The lowest BCUT2D eigenvalue weighted by Crippen LogP contribution is -2.27. The first-order valence-corrected chi connectivity index (χ1v) is 17.5. The standard InChI is InChI=1S/C39H41ClN2O4S/c1-26-24-33(40)14-17-35(26)30-12-15-34(16-13-30)42-38(44)36(25-27-4-6-32(7-5-27)37(43)41-22-23-47(45)46)31-10-8-28(9-11-31)29-18-20-39(2,3)21-19-29/h4-18,24,36H,19-23,25H2,1-3H3,(H,41,43)(H,42,44)(H,45,46)/t36-/m1/s1. The van der Waals surface area contributed by atoms with Gasteiger partial charge >= 0.3 is 0 Å². The molecule has 1 aliphatic carbocycles. The molecule has 0 aliphatic heterocycles. The fourth-order valence-corrected chi connectivity index (χ4v) is 6.43. The van der Waals surface area contributed by atoms with E-state index in [1.165, 1.54) is 11.1 Å². The van der Waals surface area contributed by atoms with E-state index >= 15 is 0 Å². The Hall–Kier alpha value is -4.04. The monoisotopic (exact) mass is 668 g/mol. The zero-order chi connectivity index (χ0) is 33.6. The average Bonchev–Trinajstić information content (AvgIpc) is 3.04. The molecule has 1 unspecified atom stereocenters. The van der Waals surface area contributed by atoms with Crippen molar-refractivity contribution >= 4 is 45.8 Å². The van der Waals surface area contributed by atoms with E-state index in [-0.39, 0.29) is 24.1 Å². The lowest BCUT2D eigenvalue weighted by atomic mass is 9.77. The van der Waals surface area contributed by atoms with Gasteiger partial charge in [0.2, 0.25) is 5.91 Å². The molecule has 0 aromatic heterocycles. The molecule has 4 aromatic carbocycles. The van der Waals surface area contributed by atoms with Crippen molar-refractivity contribution in [2.75, 3.05) is 17.6 Å². The summed E-state index contributed by atoms with van der Waals surface area (Å²) in [6.45, 7) is 6.74. The zero-order valence-corrected chi connectivity index (χ0v) is 28.6. The van der Waals surface area contributed by atoms with Gasteiger partial charge in [-0.1, -0.05) is 86.1 Å². The van der Waals surface area contributed by atoms with Crippen LogP contribution in [0.2, 0.25) is 5.02 Å². The van der Waals surface area contributed by atoms with Gasteiger partial charge in [-0.3, -0.25) is 9.59 Å². The van der Waals surface area contributed by atoms with Crippen molar-refractivity contribution in [2.45, 2.75) is 52.4 Å². The summed E-state index contributed by atoms with van der Waals surface area (Å²) in [7, 11) is 0. The predicted molar refractivity (Wildman–Crippen MR) is 193 cm³/mol. The predicted octanol–water partition coefficient (Wildman–Crippen LogP) is 8.83. The summed E-state index contributed by atoms with van der Waals surface area (Å²) < 4.78 is 19.8. The molecule has 0 fully saturated rings. The number of amides is 2. The molecule has 2 atom stereocenters. The summed E-state index contributed by atoms with van der Waals surface area (Å²) in [5, 5.41) is 6.48. The Bertz CT molecular complexity index is 1780. The molecule has 244 valence electrons. The van der Waals surface area contributed by atoms with Crippen molar-refractivity contribution in [2.24, 2.45) is 5.41 Å². The zero-order valence-electron chi connectivity index (χ0n) is 27.0. The van der Waals surface area contributed by atoms with Crippen molar-refractivity contribution in [3.05, 3.63) is 130 Å². The van der Waals surface area contributed by atoms with Crippen molar-refractivity contribution < 1.29 is 18.4 Å². The smallest absolute Gasteiger partial charge is 0.251 e. The lowest BCUT2D eigenvalue weighted by molar-refractivity contribution is -0.117. The van der Waals surface area contributed by atoms with Crippen LogP contribution in [0.1, 0.15) is 71.6 Å². The number of carbonyl (C=O) groups excluding carboxylic acids is 2. The minimum Gasteiger partial charge on any atom is -0.351 e. The third-order valence-electron chi connectivity index (χ3n) is 8.84. The van der Waals surface area contributed by atoms with Gasteiger partial charge in [0.25, 0.3) is 5.91 Å². The summed E-state index contributed by atoms with van der Waals surface area (Å²) in [6, 6.07) is 29.1. The quantitative estimate of drug-likeness (QED) is 0.139. The van der Waals surface area contributed by atoms with Gasteiger partial charge in [0.15, 0.2) is 11.1 Å². The third kappa shape index (κ3) is 9.28. The Morgan fingerprint density at radius 3 is 2.23 bits per heavy atom.